The lowest BCUT2D eigenvalue weighted by atomic mass is 9.95. The molecule has 0 aliphatic carbocycles. The molecule has 0 aromatic heterocycles. The molecule has 2 atom stereocenters. The number of hydrogen-bond acceptors (Lipinski definition) is 6. The van der Waals surface area contributed by atoms with Crippen LogP contribution in [0.1, 0.15) is 23.2 Å². The number of benzene rings is 4. The third-order valence-corrected chi connectivity index (χ3v) is 10.8. The van der Waals surface area contributed by atoms with Gasteiger partial charge in [-0.05, 0) is 67.3 Å². The lowest BCUT2D eigenvalue weighted by Gasteiger charge is -2.30. The molecule has 0 aliphatic heterocycles. The molecule has 0 unspecified atom stereocenters. The maximum absolute atomic E-state index is 13.7. The topological polar surface area (TPSA) is 133 Å². The lowest BCUT2D eigenvalue weighted by Crippen LogP contribution is -2.40. The molecule has 0 spiro atoms. The monoisotopic (exact) mass is 836 g/mol. The summed E-state index contributed by atoms with van der Waals surface area (Å²) in [6.07, 6.45) is 0. The number of phenolic OH excluding ortho intramolecular Hbond substituents is 2. The molecule has 0 saturated carbocycles. The van der Waals surface area contributed by atoms with Crippen LogP contribution in [0.25, 0.3) is 0 Å². The van der Waals surface area contributed by atoms with Crippen molar-refractivity contribution in [2.75, 3.05) is 0 Å². The van der Waals surface area contributed by atoms with Crippen molar-refractivity contribution in [1.82, 2.24) is 9.44 Å². The van der Waals surface area contributed by atoms with E-state index < -0.39 is 53.4 Å². The van der Waals surface area contributed by atoms with Gasteiger partial charge in [0.15, 0.2) is 0 Å². The molecular weight excluding hydrogens is 820 g/mol. The summed E-state index contributed by atoms with van der Waals surface area (Å²) in [5.41, 5.74) is 0.881. The van der Waals surface area contributed by atoms with Crippen LogP contribution in [0.4, 0.5) is 0 Å². The van der Waals surface area contributed by atoms with Gasteiger partial charge >= 0.3 is 0 Å². The highest BCUT2D eigenvalue weighted by atomic mass is 79.9. The minimum Gasteiger partial charge on any atom is -0.505 e. The molecule has 0 saturated heterocycles. The number of nitrogens with one attached hydrogen (secondary N) is 2. The van der Waals surface area contributed by atoms with Crippen LogP contribution in [0.15, 0.2) is 113 Å². The van der Waals surface area contributed by atoms with Crippen LogP contribution in [0.5, 0.6) is 11.5 Å². The van der Waals surface area contributed by atoms with Crippen LogP contribution in [-0.4, -0.2) is 27.0 Å². The smallest absolute Gasteiger partial charge is 0.244 e. The van der Waals surface area contributed by atoms with Crippen LogP contribution < -0.4 is 9.44 Å². The Bertz CT molecular complexity index is 1630. The van der Waals surface area contributed by atoms with E-state index in [1.807, 2.05) is 0 Å². The normalized spacial score (nSPS) is 13.6. The van der Waals surface area contributed by atoms with E-state index in [-0.39, 0.29) is 8.95 Å². The van der Waals surface area contributed by atoms with Gasteiger partial charge in [-0.25, -0.2) is 26.3 Å². The molecule has 40 heavy (non-hydrogen) atoms. The van der Waals surface area contributed by atoms with Crippen LogP contribution in [0.3, 0.4) is 0 Å². The Morgan fingerprint density at radius 2 is 0.875 bits per heavy atom. The number of hydrogen-bond donors (Lipinski definition) is 4. The molecule has 0 bridgehead atoms. The zero-order chi connectivity index (χ0) is 29.2. The molecule has 4 rings (SSSR count). The van der Waals surface area contributed by atoms with Gasteiger partial charge in [-0.1, -0.05) is 92.5 Å². The zero-order valence-corrected chi connectivity index (χ0v) is 28.1. The first kappa shape index (κ1) is 31.2. The predicted molar refractivity (Wildman–Crippen MR) is 166 cm³/mol. The Morgan fingerprint density at radius 1 is 0.550 bits per heavy atom. The van der Waals surface area contributed by atoms with Gasteiger partial charge in [0.2, 0.25) is 20.0 Å². The van der Waals surface area contributed by atoms with E-state index in [0.717, 1.165) is 0 Å². The van der Waals surface area contributed by atoms with Gasteiger partial charge in [0, 0.05) is 8.95 Å². The van der Waals surface area contributed by atoms with Crippen LogP contribution in [0, 0.1) is 0 Å². The summed E-state index contributed by atoms with van der Waals surface area (Å²) in [5.74, 6) is -1.02. The molecule has 4 aromatic carbocycles. The van der Waals surface area contributed by atoms with Crippen molar-refractivity contribution in [3.8, 4) is 11.5 Å². The Kier molecular flexibility index (Phi) is 9.83. The largest absolute Gasteiger partial charge is 0.505 e. The second kappa shape index (κ2) is 12.6. The van der Waals surface area contributed by atoms with Crippen molar-refractivity contribution in [3.63, 3.8) is 0 Å². The number of sulfonamides is 2. The third-order valence-electron chi connectivity index (χ3n) is 5.78. The quantitative estimate of drug-likeness (QED) is 0.145. The second-order valence-electron chi connectivity index (χ2n) is 8.49. The van der Waals surface area contributed by atoms with E-state index in [2.05, 4.69) is 73.2 Å². The first-order valence-electron chi connectivity index (χ1n) is 11.3. The van der Waals surface area contributed by atoms with Gasteiger partial charge in [-0.3, -0.25) is 0 Å². The van der Waals surface area contributed by atoms with E-state index in [9.17, 15) is 27.0 Å². The molecule has 0 aliphatic rings. The van der Waals surface area contributed by atoms with Gasteiger partial charge in [-0.15, -0.1) is 0 Å². The summed E-state index contributed by atoms with van der Waals surface area (Å²) >= 11 is 12.8. The Balaban J connectivity index is 1.89. The van der Waals surface area contributed by atoms with Crippen molar-refractivity contribution in [2.24, 2.45) is 0 Å². The maximum Gasteiger partial charge on any atom is 0.244 e. The minimum atomic E-state index is -4.44. The molecule has 210 valence electrons. The first-order valence-corrected chi connectivity index (χ1v) is 17.4. The first-order chi connectivity index (χ1) is 18.8. The van der Waals surface area contributed by atoms with Gasteiger partial charge < -0.3 is 10.2 Å². The van der Waals surface area contributed by atoms with Crippen molar-refractivity contribution in [1.29, 1.82) is 0 Å². The van der Waals surface area contributed by atoms with Crippen molar-refractivity contribution in [3.05, 3.63) is 114 Å². The molecule has 0 radical (unpaired) electrons. The van der Waals surface area contributed by atoms with E-state index in [1.165, 1.54) is 24.3 Å². The number of halogens is 4. The van der Waals surface area contributed by atoms with Crippen molar-refractivity contribution >= 4 is 83.8 Å². The van der Waals surface area contributed by atoms with Gasteiger partial charge in [0.1, 0.15) is 21.3 Å². The zero-order valence-electron chi connectivity index (χ0n) is 20.1. The van der Waals surface area contributed by atoms with E-state index in [1.54, 1.807) is 60.7 Å². The highest BCUT2D eigenvalue weighted by Crippen LogP contribution is 2.39. The number of rotatable bonds is 9. The molecule has 4 N–H and O–H groups in total. The third kappa shape index (κ3) is 6.98. The standard InChI is InChI=1S/C26H20Br4N2O6S2/c27-17-11-19(29)25(33)21(13-17)39(35,36)31-23(15-7-3-1-4-8-15)24(16-9-5-2-6-10-16)32-40(37,38)22-14-18(28)12-20(30)26(22)34/h1-14,23-24,31-34H/t23-,24-/m1/s1. The fraction of sp³-hybridized carbons (Fsp3) is 0.0769. The highest BCUT2D eigenvalue weighted by molar-refractivity contribution is 9.11. The SMILES string of the molecule is O=S(=O)(N[C@H](c1ccccc1)[C@H](NS(=O)(=O)c1cc(Br)cc(Br)c1O)c1ccccc1)c1cc(Br)cc(Br)c1O. The maximum atomic E-state index is 13.7. The lowest BCUT2D eigenvalue weighted by molar-refractivity contribution is 0.441. The number of phenols is 2. The molecule has 0 amide bonds. The molecule has 8 nitrogen and oxygen atoms in total. The van der Waals surface area contributed by atoms with E-state index in [4.69, 9.17) is 0 Å². The summed E-state index contributed by atoms with van der Waals surface area (Å²) in [7, 11) is -8.87. The van der Waals surface area contributed by atoms with Gasteiger partial charge in [-0.2, -0.15) is 0 Å². The van der Waals surface area contributed by atoms with Crippen LogP contribution in [-0.2, 0) is 20.0 Å². The van der Waals surface area contributed by atoms with Crippen LogP contribution >= 0.6 is 63.7 Å². The average Bonchev–Trinajstić information content (AvgIpc) is 2.91. The Hall–Kier alpha value is -1.78. The van der Waals surface area contributed by atoms with Crippen molar-refractivity contribution in [2.45, 2.75) is 21.9 Å². The fourth-order valence-corrected chi connectivity index (χ4v) is 9.71. The summed E-state index contributed by atoms with van der Waals surface area (Å²) in [5, 5.41) is 21.2. The Labute approximate surface area is 265 Å². The molecule has 0 fully saturated rings. The second-order valence-corrected chi connectivity index (χ2v) is 15.4. The average molecular weight is 840 g/mol. The molecule has 0 heterocycles. The van der Waals surface area contributed by atoms with E-state index in [0.29, 0.717) is 20.1 Å². The summed E-state index contributed by atoms with van der Waals surface area (Å²) in [6, 6.07) is 19.9. The van der Waals surface area contributed by atoms with Crippen LogP contribution in [0.2, 0.25) is 0 Å². The summed E-state index contributed by atoms with van der Waals surface area (Å²) in [4.78, 5) is -0.837. The molecular formula is C26H20Br4N2O6S2. The number of aromatic hydroxyl groups is 2. The van der Waals surface area contributed by atoms with Gasteiger partial charge in [0.05, 0.1) is 21.0 Å². The van der Waals surface area contributed by atoms with E-state index >= 15 is 0 Å². The predicted octanol–water partition coefficient (Wildman–Crippen LogP) is 6.89. The fourth-order valence-electron chi connectivity index (χ4n) is 3.93. The molecule has 14 heteroatoms. The van der Waals surface area contributed by atoms with Gasteiger partial charge in [0.25, 0.3) is 0 Å². The highest BCUT2D eigenvalue weighted by Gasteiger charge is 2.35. The molecule has 4 aromatic rings. The summed E-state index contributed by atoms with van der Waals surface area (Å²) in [6.45, 7) is 0. The summed E-state index contributed by atoms with van der Waals surface area (Å²) < 4.78 is 61.1. The van der Waals surface area contributed by atoms with Crippen molar-refractivity contribution < 1.29 is 27.0 Å². The Morgan fingerprint density at radius 3 is 1.20 bits per heavy atom. The minimum absolute atomic E-state index is 0.148.